The largest absolute Gasteiger partial charge is 0.386 e. The molecule has 1 atom stereocenters. The van der Waals surface area contributed by atoms with Crippen LogP contribution in [0.2, 0.25) is 0 Å². The molecule has 1 unspecified atom stereocenters. The predicted octanol–water partition coefficient (Wildman–Crippen LogP) is 3.01. The zero-order valence-corrected chi connectivity index (χ0v) is 12.0. The smallest absolute Gasteiger partial charge is 0.146 e. The van der Waals surface area contributed by atoms with Crippen LogP contribution in [0, 0.1) is 28.6 Å². The van der Waals surface area contributed by atoms with Crippen LogP contribution >= 0.6 is 12.2 Å². The summed E-state index contributed by atoms with van der Waals surface area (Å²) < 4.78 is 0. The highest BCUT2D eigenvalue weighted by molar-refractivity contribution is 7.80. The topological polar surface area (TPSA) is 86.0 Å². The van der Waals surface area contributed by atoms with Crippen LogP contribution < -0.4 is 5.73 Å². The van der Waals surface area contributed by atoms with Gasteiger partial charge in [-0.15, -0.1) is 0 Å². The standard InChI is InChI=1S/C14H18N4S/c1-2-3-4-5-6-7-10-11(8-15)13(17)18-14(19)12(10)9-16/h11H,2-7H2,1H3,(H2,17,18,19). The zero-order valence-electron chi connectivity index (χ0n) is 11.1. The van der Waals surface area contributed by atoms with Crippen LogP contribution in [0.5, 0.6) is 0 Å². The summed E-state index contributed by atoms with van der Waals surface area (Å²) in [4.78, 5) is 4.14. The lowest BCUT2D eigenvalue weighted by Crippen LogP contribution is -2.30. The highest BCUT2D eigenvalue weighted by atomic mass is 32.1. The average molecular weight is 274 g/mol. The number of unbranched alkanes of at least 4 members (excludes halogenated alkanes) is 4. The lowest BCUT2D eigenvalue weighted by atomic mass is 9.88. The maximum Gasteiger partial charge on any atom is 0.146 e. The molecule has 100 valence electrons. The van der Waals surface area contributed by atoms with Crippen molar-refractivity contribution in [3.05, 3.63) is 11.1 Å². The first-order valence-corrected chi connectivity index (χ1v) is 6.97. The van der Waals surface area contributed by atoms with Gasteiger partial charge in [0.25, 0.3) is 0 Å². The molecule has 0 saturated heterocycles. The average Bonchev–Trinajstić information content (AvgIpc) is 2.38. The molecule has 0 aromatic heterocycles. The summed E-state index contributed by atoms with van der Waals surface area (Å²) in [5, 5.41) is 18.3. The van der Waals surface area contributed by atoms with Gasteiger partial charge in [-0.1, -0.05) is 44.8 Å². The number of nitrogens with two attached hydrogens (primary N) is 1. The van der Waals surface area contributed by atoms with Gasteiger partial charge in [-0.05, 0) is 18.4 Å². The molecule has 0 spiro atoms. The fourth-order valence-electron chi connectivity index (χ4n) is 2.15. The van der Waals surface area contributed by atoms with E-state index in [4.69, 9.17) is 23.2 Å². The van der Waals surface area contributed by atoms with Crippen molar-refractivity contribution in [3.8, 4) is 12.1 Å². The minimum atomic E-state index is -0.590. The molecule has 1 aliphatic rings. The van der Waals surface area contributed by atoms with E-state index >= 15 is 0 Å². The number of thiocarbonyl (C=S) groups is 1. The molecule has 0 aromatic rings. The SMILES string of the molecule is CCCCCCCC1=C(C#N)C(=S)N=C(N)C1C#N. The second kappa shape index (κ2) is 7.66. The summed E-state index contributed by atoms with van der Waals surface area (Å²) in [6, 6.07) is 4.18. The Morgan fingerprint density at radius 1 is 1.26 bits per heavy atom. The molecule has 0 fully saturated rings. The first kappa shape index (κ1) is 15.3. The van der Waals surface area contributed by atoms with Crippen molar-refractivity contribution in [2.24, 2.45) is 16.6 Å². The molecular weight excluding hydrogens is 256 g/mol. The Hall–Kier alpha value is -1.72. The summed E-state index contributed by atoms with van der Waals surface area (Å²) in [5.74, 6) is -0.373. The lowest BCUT2D eigenvalue weighted by molar-refractivity contribution is 0.623. The molecule has 1 aliphatic heterocycles. The van der Waals surface area contributed by atoms with E-state index < -0.39 is 5.92 Å². The molecular formula is C14H18N4S. The van der Waals surface area contributed by atoms with E-state index in [1.165, 1.54) is 19.3 Å². The van der Waals surface area contributed by atoms with Gasteiger partial charge >= 0.3 is 0 Å². The van der Waals surface area contributed by atoms with Gasteiger partial charge in [0.05, 0.1) is 11.6 Å². The van der Waals surface area contributed by atoms with Crippen molar-refractivity contribution >= 4 is 23.0 Å². The number of amidine groups is 1. The number of rotatable bonds is 6. The molecule has 0 saturated carbocycles. The summed E-state index contributed by atoms with van der Waals surface area (Å²) in [7, 11) is 0. The van der Waals surface area contributed by atoms with Gasteiger partial charge in [0.15, 0.2) is 0 Å². The van der Waals surface area contributed by atoms with Crippen molar-refractivity contribution in [1.29, 1.82) is 10.5 Å². The second-order valence-corrected chi connectivity index (χ2v) is 4.97. The van der Waals surface area contributed by atoms with Crippen LogP contribution in [0.4, 0.5) is 0 Å². The van der Waals surface area contributed by atoms with Crippen molar-refractivity contribution in [2.45, 2.75) is 45.4 Å². The lowest BCUT2D eigenvalue weighted by Gasteiger charge is -2.19. The van der Waals surface area contributed by atoms with E-state index in [1.54, 1.807) is 0 Å². The zero-order chi connectivity index (χ0) is 14.3. The first-order valence-electron chi connectivity index (χ1n) is 6.56. The van der Waals surface area contributed by atoms with Gasteiger partial charge in [0, 0.05) is 0 Å². The molecule has 1 rings (SSSR count). The highest BCUT2D eigenvalue weighted by Crippen LogP contribution is 2.27. The molecule has 0 aromatic carbocycles. The minimum absolute atomic E-state index is 0.218. The van der Waals surface area contributed by atoms with Crippen LogP contribution in [-0.4, -0.2) is 10.8 Å². The van der Waals surface area contributed by atoms with Gasteiger partial charge in [-0.25, -0.2) is 4.99 Å². The van der Waals surface area contributed by atoms with Crippen molar-refractivity contribution < 1.29 is 0 Å². The summed E-state index contributed by atoms with van der Waals surface area (Å²) >= 11 is 5.04. The molecule has 1 heterocycles. The van der Waals surface area contributed by atoms with Gasteiger partial charge < -0.3 is 5.73 Å². The predicted molar refractivity (Wildman–Crippen MR) is 79.3 cm³/mol. The molecule has 5 heteroatoms. The fraction of sp³-hybridized carbons (Fsp3) is 0.571. The van der Waals surface area contributed by atoms with E-state index in [0.717, 1.165) is 18.4 Å². The Morgan fingerprint density at radius 3 is 2.53 bits per heavy atom. The van der Waals surface area contributed by atoms with Crippen LogP contribution in [0.25, 0.3) is 0 Å². The van der Waals surface area contributed by atoms with Crippen LogP contribution in [0.3, 0.4) is 0 Å². The Kier molecular flexibility index (Phi) is 6.18. The molecule has 0 bridgehead atoms. The van der Waals surface area contributed by atoms with Crippen molar-refractivity contribution in [2.75, 3.05) is 0 Å². The van der Waals surface area contributed by atoms with Gasteiger partial charge in [0.2, 0.25) is 0 Å². The number of dihydropyridines is 1. The number of aliphatic imine (C=N–C) groups is 1. The summed E-state index contributed by atoms with van der Waals surface area (Å²) in [5.41, 5.74) is 6.85. The normalized spacial score (nSPS) is 18.8. The second-order valence-electron chi connectivity index (χ2n) is 4.58. The first-order chi connectivity index (χ1) is 9.15. The number of nitrogens with zero attached hydrogens (tertiary/aromatic N) is 3. The van der Waals surface area contributed by atoms with Gasteiger partial charge in [0.1, 0.15) is 22.8 Å². The quantitative estimate of drug-likeness (QED) is 0.596. The van der Waals surface area contributed by atoms with E-state index in [2.05, 4.69) is 24.1 Å². The van der Waals surface area contributed by atoms with Crippen molar-refractivity contribution in [1.82, 2.24) is 0 Å². The van der Waals surface area contributed by atoms with Crippen LogP contribution in [-0.2, 0) is 0 Å². The Labute approximate surface area is 119 Å². The third kappa shape index (κ3) is 3.87. The summed E-state index contributed by atoms with van der Waals surface area (Å²) in [6.07, 6.45) is 6.33. The molecule has 0 amide bonds. The molecule has 4 nitrogen and oxygen atoms in total. The van der Waals surface area contributed by atoms with Crippen LogP contribution in [0.15, 0.2) is 16.1 Å². The third-order valence-electron chi connectivity index (χ3n) is 3.20. The van der Waals surface area contributed by atoms with Gasteiger partial charge in [-0.2, -0.15) is 10.5 Å². The molecule has 2 N–H and O–H groups in total. The monoisotopic (exact) mass is 274 g/mol. The molecule has 19 heavy (non-hydrogen) atoms. The molecule has 0 aliphatic carbocycles. The molecule has 0 radical (unpaired) electrons. The fourth-order valence-corrected chi connectivity index (χ4v) is 2.43. The Balaban J connectivity index is 2.77. The number of nitriles is 2. The van der Waals surface area contributed by atoms with E-state index in [0.29, 0.717) is 12.0 Å². The maximum absolute atomic E-state index is 9.17. The third-order valence-corrected chi connectivity index (χ3v) is 3.50. The number of hydrogen-bond donors (Lipinski definition) is 1. The van der Waals surface area contributed by atoms with E-state index in [9.17, 15) is 5.26 Å². The Bertz CT molecular complexity index is 491. The van der Waals surface area contributed by atoms with Crippen molar-refractivity contribution in [3.63, 3.8) is 0 Å². The number of hydrogen-bond acceptors (Lipinski definition) is 4. The Morgan fingerprint density at radius 2 is 1.95 bits per heavy atom. The maximum atomic E-state index is 9.17. The van der Waals surface area contributed by atoms with E-state index in [1.807, 2.05) is 0 Å². The van der Waals surface area contributed by atoms with Crippen LogP contribution in [0.1, 0.15) is 45.4 Å². The highest BCUT2D eigenvalue weighted by Gasteiger charge is 2.28. The van der Waals surface area contributed by atoms with E-state index in [-0.39, 0.29) is 10.8 Å². The van der Waals surface area contributed by atoms with Gasteiger partial charge in [-0.3, -0.25) is 0 Å². The summed E-state index contributed by atoms with van der Waals surface area (Å²) in [6.45, 7) is 2.17. The minimum Gasteiger partial charge on any atom is -0.386 e.